The van der Waals surface area contributed by atoms with E-state index in [1.165, 1.54) is 0 Å². The van der Waals surface area contributed by atoms with Gasteiger partial charge in [0.15, 0.2) is 0 Å². The van der Waals surface area contributed by atoms with Crippen LogP contribution in [0.15, 0.2) is 47.1 Å². The van der Waals surface area contributed by atoms with Crippen LogP contribution >= 0.6 is 15.9 Å². The van der Waals surface area contributed by atoms with Crippen LogP contribution in [0.2, 0.25) is 0 Å². The van der Waals surface area contributed by atoms with Crippen LogP contribution in [0, 0.1) is 0 Å². The monoisotopic (exact) mass is 460 g/mol. The van der Waals surface area contributed by atoms with Gasteiger partial charge in [0.1, 0.15) is 5.82 Å². The van der Waals surface area contributed by atoms with Gasteiger partial charge in [0, 0.05) is 42.5 Å². The number of hydrogen-bond acceptors (Lipinski definition) is 6. The molecule has 1 aliphatic heterocycles. The van der Waals surface area contributed by atoms with Crippen molar-refractivity contribution in [1.82, 2.24) is 9.88 Å². The molecule has 154 valence electrons. The lowest BCUT2D eigenvalue weighted by molar-refractivity contribution is -0.120. The van der Waals surface area contributed by atoms with Crippen molar-refractivity contribution in [3.8, 4) is 0 Å². The van der Waals surface area contributed by atoms with E-state index < -0.39 is 0 Å². The Hall–Kier alpha value is -2.45. The minimum atomic E-state index is -0.360. The molecule has 29 heavy (non-hydrogen) atoms. The second-order valence-corrected chi connectivity index (χ2v) is 7.74. The first-order valence-electron chi connectivity index (χ1n) is 9.66. The number of halogens is 1. The summed E-state index contributed by atoms with van der Waals surface area (Å²) in [5.74, 6) is 0.444. The maximum atomic E-state index is 12.6. The number of carbonyl (C=O) groups is 2. The summed E-state index contributed by atoms with van der Waals surface area (Å²) in [7, 11) is 0. The molecule has 1 fully saturated rings. The summed E-state index contributed by atoms with van der Waals surface area (Å²) in [5.41, 5.74) is 1.23. The van der Waals surface area contributed by atoms with Crippen molar-refractivity contribution in [2.45, 2.75) is 19.9 Å². The Labute approximate surface area is 179 Å². The minimum absolute atomic E-state index is 0.0199. The van der Waals surface area contributed by atoms with E-state index in [2.05, 4.69) is 36.0 Å². The molecular weight excluding hydrogens is 436 g/mol. The Bertz CT molecular complexity index is 851. The summed E-state index contributed by atoms with van der Waals surface area (Å²) < 4.78 is 5.91. The van der Waals surface area contributed by atoms with Crippen LogP contribution in [0.1, 0.15) is 24.2 Å². The fourth-order valence-electron chi connectivity index (χ4n) is 3.23. The number of hydrogen-bond donors (Lipinski definition) is 1. The van der Waals surface area contributed by atoms with Crippen LogP contribution in [0.3, 0.4) is 0 Å². The number of benzene rings is 1. The summed E-state index contributed by atoms with van der Waals surface area (Å²) >= 11 is 3.42. The van der Waals surface area contributed by atoms with E-state index >= 15 is 0 Å². The van der Waals surface area contributed by atoms with Gasteiger partial charge in [0.25, 0.3) is 0 Å². The minimum Gasteiger partial charge on any atom is -0.462 e. The molecule has 7 nitrogen and oxygen atoms in total. The number of rotatable bonds is 6. The van der Waals surface area contributed by atoms with Gasteiger partial charge in [-0.15, -0.1) is 0 Å². The molecule has 2 aromatic rings. The van der Waals surface area contributed by atoms with Gasteiger partial charge in [-0.1, -0.05) is 22.0 Å². The third kappa shape index (κ3) is 5.55. The first-order valence-corrected chi connectivity index (χ1v) is 10.5. The first-order chi connectivity index (χ1) is 14.0. The quantitative estimate of drug-likeness (QED) is 0.667. The van der Waals surface area contributed by atoms with Crippen molar-refractivity contribution >= 4 is 39.3 Å². The van der Waals surface area contributed by atoms with Gasteiger partial charge in [-0.3, -0.25) is 9.69 Å². The maximum absolute atomic E-state index is 12.6. The number of anilines is 2. The predicted molar refractivity (Wildman–Crippen MR) is 116 cm³/mol. The number of carbonyl (C=O) groups excluding carboxylic acids is 2. The number of nitrogens with zero attached hydrogens (tertiary/aromatic N) is 3. The molecular formula is C21H25BrN4O3. The van der Waals surface area contributed by atoms with Gasteiger partial charge < -0.3 is 15.0 Å². The molecule has 2 heterocycles. The van der Waals surface area contributed by atoms with Crippen LogP contribution in [-0.2, 0) is 9.53 Å². The van der Waals surface area contributed by atoms with E-state index in [9.17, 15) is 9.59 Å². The Morgan fingerprint density at radius 1 is 1.21 bits per heavy atom. The molecule has 3 rings (SSSR count). The van der Waals surface area contributed by atoms with Crippen molar-refractivity contribution in [3.63, 3.8) is 0 Å². The second-order valence-electron chi connectivity index (χ2n) is 6.82. The highest BCUT2D eigenvalue weighted by molar-refractivity contribution is 9.10. The molecule has 0 spiro atoms. The number of ether oxygens (including phenoxy) is 1. The number of nitrogens with one attached hydrogen (secondary N) is 1. The van der Waals surface area contributed by atoms with Gasteiger partial charge in [-0.05, 0) is 44.2 Å². The van der Waals surface area contributed by atoms with Gasteiger partial charge in [-0.2, -0.15) is 0 Å². The predicted octanol–water partition coefficient (Wildman–Crippen LogP) is 3.17. The molecule has 1 aromatic heterocycles. The van der Waals surface area contributed by atoms with Gasteiger partial charge in [-0.25, -0.2) is 9.78 Å². The zero-order valence-electron chi connectivity index (χ0n) is 16.6. The molecule has 1 atom stereocenters. The van der Waals surface area contributed by atoms with E-state index in [4.69, 9.17) is 4.74 Å². The van der Waals surface area contributed by atoms with Crippen molar-refractivity contribution in [2.24, 2.45) is 0 Å². The smallest absolute Gasteiger partial charge is 0.339 e. The van der Waals surface area contributed by atoms with Crippen LogP contribution in [0.25, 0.3) is 0 Å². The molecule has 0 radical (unpaired) electrons. The van der Waals surface area contributed by atoms with Gasteiger partial charge in [0.2, 0.25) is 5.91 Å². The molecule has 1 N–H and O–H groups in total. The van der Waals surface area contributed by atoms with Crippen LogP contribution in [0.5, 0.6) is 0 Å². The highest BCUT2D eigenvalue weighted by atomic mass is 79.9. The van der Waals surface area contributed by atoms with E-state index in [0.717, 1.165) is 42.2 Å². The number of pyridine rings is 1. The maximum Gasteiger partial charge on any atom is 0.339 e. The average Bonchev–Trinajstić information content (AvgIpc) is 2.73. The molecule has 0 bridgehead atoms. The van der Waals surface area contributed by atoms with E-state index in [0.29, 0.717) is 12.2 Å². The number of amides is 1. The molecule has 1 aromatic carbocycles. The lowest BCUT2D eigenvalue weighted by Crippen LogP contribution is -2.53. The molecule has 8 heteroatoms. The third-order valence-corrected chi connectivity index (χ3v) is 5.41. The molecule has 1 unspecified atom stereocenters. The summed E-state index contributed by atoms with van der Waals surface area (Å²) in [6.45, 7) is 7.09. The van der Waals surface area contributed by atoms with Crippen LogP contribution in [0.4, 0.5) is 11.5 Å². The van der Waals surface area contributed by atoms with Gasteiger partial charge >= 0.3 is 5.97 Å². The highest BCUT2D eigenvalue weighted by Gasteiger charge is 2.26. The normalized spacial score (nSPS) is 15.6. The first kappa shape index (κ1) is 21.3. The fourth-order valence-corrected chi connectivity index (χ4v) is 3.62. The molecule has 0 saturated carbocycles. The van der Waals surface area contributed by atoms with Crippen molar-refractivity contribution in [2.75, 3.05) is 43.0 Å². The Kier molecular flexibility index (Phi) is 7.22. The zero-order chi connectivity index (χ0) is 20.8. The second kappa shape index (κ2) is 9.84. The Morgan fingerprint density at radius 3 is 2.59 bits per heavy atom. The summed E-state index contributed by atoms with van der Waals surface area (Å²) in [5, 5.41) is 2.97. The average molecular weight is 461 g/mol. The molecule has 0 aliphatic carbocycles. The SMILES string of the molecule is CCOC(=O)c1ccc(N2CCN(C(C)C(=O)Nc3cccc(Br)c3)CC2)nc1. The van der Waals surface area contributed by atoms with Crippen LogP contribution < -0.4 is 10.2 Å². The lowest BCUT2D eigenvalue weighted by atomic mass is 10.2. The molecule has 1 saturated heterocycles. The Balaban J connectivity index is 1.53. The Morgan fingerprint density at radius 2 is 1.97 bits per heavy atom. The lowest BCUT2D eigenvalue weighted by Gasteiger charge is -2.38. The largest absolute Gasteiger partial charge is 0.462 e. The summed E-state index contributed by atoms with van der Waals surface area (Å²) in [4.78, 5) is 33.1. The van der Waals surface area contributed by atoms with E-state index in [-0.39, 0.29) is 17.9 Å². The number of aromatic nitrogens is 1. The molecule has 1 amide bonds. The fraction of sp³-hybridized carbons (Fsp3) is 0.381. The standard InChI is InChI=1S/C21H25BrN4O3/c1-3-29-21(28)16-7-8-19(23-14-16)26-11-9-25(10-12-26)15(2)20(27)24-18-6-4-5-17(22)13-18/h4-8,13-15H,3,9-12H2,1-2H3,(H,24,27). The number of esters is 1. The van der Waals surface area contributed by atoms with Gasteiger partial charge in [0.05, 0.1) is 18.2 Å². The number of piperazine rings is 1. The highest BCUT2D eigenvalue weighted by Crippen LogP contribution is 2.18. The van der Waals surface area contributed by atoms with Crippen molar-refractivity contribution in [1.29, 1.82) is 0 Å². The van der Waals surface area contributed by atoms with Crippen molar-refractivity contribution < 1.29 is 14.3 Å². The molecule has 1 aliphatic rings. The summed E-state index contributed by atoms with van der Waals surface area (Å²) in [6.07, 6.45) is 1.55. The third-order valence-electron chi connectivity index (χ3n) is 4.92. The van der Waals surface area contributed by atoms with E-state index in [1.54, 1.807) is 19.2 Å². The zero-order valence-corrected chi connectivity index (χ0v) is 18.2. The van der Waals surface area contributed by atoms with Crippen LogP contribution in [-0.4, -0.2) is 60.6 Å². The van der Waals surface area contributed by atoms with Crippen molar-refractivity contribution in [3.05, 3.63) is 52.6 Å². The summed E-state index contributed by atoms with van der Waals surface area (Å²) in [6, 6.07) is 10.9. The van der Waals surface area contributed by atoms with E-state index in [1.807, 2.05) is 37.3 Å². The topological polar surface area (TPSA) is 74.8 Å².